The van der Waals surface area contributed by atoms with Gasteiger partial charge in [0.05, 0.1) is 0 Å². The molecule has 0 aliphatic heterocycles. The Morgan fingerprint density at radius 2 is 1.66 bits per heavy atom. The molecule has 0 unspecified atom stereocenters. The maximum Gasteiger partial charge on any atom is 0.363 e. The molecule has 9 nitrogen and oxygen atoms in total. The molecule has 2 aromatic carbocycles. The minimum atomic E-state index is -0.824. The normalized spacial score (nSPS) is 11.6. The summed E-state index contributed by atoms with van der Waals surface area (Å²) in [6.07, 6.45) is -0.260. The Kier molecular flexibility index (Phi) is 8.69. The minimum Gasteiger partial charge on any atom is -0.457 e. The first-order valence-electron chi connectivity index (χ1n) is 10.7. The highest BCUT2D eigenvalue weighted by atomic mass is 32.1. The van der Waals surface area contributed by atoms with Crippen LogP contribution in [0.4, 0.5) is 5.13 Å². The van der Waals surface area contributed by atoms with Crippen LogP contribution in [0.5, 0.6) is 0 Å². The molecule has 3 rings (SSSR count). The quantitative estimate of drug-likeness (QED) is 0.195. The van der Waals surface area contributed by atoms with E-state index in [9.17, 15) is 14.4 Å². The summed E-state index contributed by atoms with van der Waals surface area (Å²) < 4.78 is 11.0. The highest BCUT2D eigenvalue weighted by molar-refractivity contribution is 7.14. The Morgan fingerprint density at radius 1 is 1.06 bits per heavy atom. The van der Waals surface area contributed by atoms with Crippen molar-refractivity contribution in [1.29, 1.82) is 0 Å². The number of hydrogen-bond acceptors (Lipinski definition) is 9. The van der Waals surface area contributed by atoms with E-state index >= 15 is 0 Å². The van der Waals surface area contributed by atoms with Crippen LogP contribution in [0.2, 0.25) is 0 Å². The second kappa shape index (κ2) is 11.9. The predicted molar refractivity (Wildman–Crippen MR) is 131 cm³/mol. The fraction of sp³-hybridized carbons (Fsp3) is 0.240. The summed E-state index contributed by atoms with van der Waals surface area (Å²) in [5.74, 6) is -1.48. The molecular weight excluding hydrogens is 470 g/mol. The van der Waals surface area contributed by atoms with Crippen LogP contribution in [-0.2, 0) is 28.7 Å². The van der Waals surface area contributed by atoms with Crippen molar-refractivity contribution < 1.29 is 28.7 Å². The van der Waals surface area contributed by atoms with Gasteiger partial charge in [0.2, 0.25) is 18.7 Å². The van der Waals surface area contributed by atoms with Gasteiger partial charge in [-0.05, 0) is 31.9 Å². The van der Waals surface area contributed by atoms with Crippen molar-refractivity contribution in [1.82, 2.24) is 4.98 Å². The first-order chi connectivity index (χ1) is 16.8. The van der Waals surface area contributed by atoms with Crippen molar-refractivity contribution in [2.45, 2.75) is 32.5 Å². The second-order valence-electron chi connectivity index (χ2n) is 8.21. The molecule has 1 aromatic heterocycles. The number of aromatic nitrogens is 1. The molecule has 1 amide bonds. The number of oxime groups is 1. The lowest BCUT2D eigenvalue weighted by Crippen LogP contribution is -2.27. The van der Waals surface area contributed by atoms with Gasteiger partial charge >= 0.3 is 11.9 Å². The molecule has 3 aromatic rings. The molecular formula is C25H25N3O6S. The highest BCUT2D eigenvalue weighted by Crippen LogP contribution is 2.27. The van der Waals surface area contributed by atoms with E-state index < -0.39 is 30.3 Å². The maximum absolute atomic E-state index is 13.3. The van der Waals surface area contributed by atoms with Crippen molar-refractivity contribution in [3.05, 3.63) is 82.9 Å². The molecule has 1 N–H and O–H groups in total. The lowest BCUT2D eigenvalue weighted by Gasteiger charge is -2.19. The van der Waals surface area contributed by atoms with E-state index in [0.29, 0.717) is 6.41 Å². The highest BCUT2D eigenvalue weighted by Gasteiger charge is 2.26. The molecule has 0 fully saturated rings. The number of nitrogens with zero attached hydrogens (tertiary/aromatic N) is 2. The van der Waals surface area contributed by atoms with Crippen LogP contribution >= 0.6 is 11.3 Å². The number of ether oxygens (including phenoxy) is 2. The third kappa shape index (κ3) is 7.75. The minimum absolute atomic E-state index is 0.119. The molecule has 35 heavy (non-hydrogen) atoms. The van der Waals surface area contributed by atoms with Gasteiger partial charge in [-0.2, -0.15) is 0 Å². The lowest BCUT2D eigenvalue weighted by molar-refractivity contribution is -0.160. The molecule has 0 spiro atoms. The fourth-order valence-corrected chi connectivity index (χ4v) is 3.61. The number of rotatable bonds is 10. The van der Waals surface area contributed by atoms with Crippen LogP contribution in [0.1, 0.15) is 43.7 Å². The zero-order chi connectivity index (χ0) is 25.3. The van der Waals surface area contributed by atoms with Crippen molar-refractivity contribution in [2.24, 2.45) is 5.16 Å². The van der Waals surface area contributed by atoms with Crippen LogP contribution in [0.3, 0.4) is 0 Å². The summed E-state index contributed by atoms with van der Waals surface area (Å²) in [6, 6.07) is 18.5. The van der Waals surface area contributed by atoms with E-state index in [0.717, 1.165) is 22.5 Å². The third-order valence-corrected chi connectivity index (χ3v) is 5.08. The van der Waals surface area contributed by atoms with E-state index in [1.807, 2.05) is 60.7 Å². The average Bonchev–Trinajstić information content (AvgIpc) is 3.28. The third-order valence-electron chi connectivity index (χ3n) is 4.31. The average molecular weight is 496 g/mol. The van der Waals surface area contributed by atoms with E-state index in [1.54, 1.807) is 20.8 Å². The zero-order valence-corrected chi connectivity index (χ0v) is 20.3. The standard InChI is InChI=1S/C25H25N3O6S/c1-25(2,3)34-20(30)14-32-28-21(19-15-35-24(27-19)26-16-29)23(31)33-22(17-10-6-4-7-11-17)18-12-8-5-9-13-18/h4-13,15-16,22H,14H2,1-3H3,(H,26,27,29). The Morgan fingerprint density at radius 3 is 2.20 bits per heavy atom. The number of carbonyl (C=O) groups excluding carboxylic acids is 3. The summed E-state index contributed by atoms with van der Waals surface area (Å²) in [5, 5.41) is 8.04. The van der Waals surface area contributed by atoms with Gasteiger partial charge in [-0.25, -0.2) is 14.6 Å². The molecule has 0 radical (unpaired) electrons. The van der Waals surface area contributed by atoms with Gasteiger partial charge in [0.1, 0.15) is 11.3 Å². The molecule has 0 saturated heterocycles. The topological polar surface area (TPSA) is 116 Å². The number of benzene rings is 2. The molecule has 0 aliphatic carbocycles. The van der Waals surface area contributed by atoms with E-state index in [4.69, 9.17) is 14.3 Å². The number of hydrogen-bond donors (Lipinski definition) is 1. The van der Waals surface area contributed by atoms with Crippen LogP contribution in [0, 0.1) is 0 Å². The van der Waals surface area contributed by atoms with Gasteiger partial charge in [-0.1, -0.05) is 65.8 Å². The number of thiazole rings is 1. The summed E-state index contributed by atoms with van der Waals surface area (Å²) in [6.45, 7) is 4.65. The zero-order valence-electron chi connectivity index (χ0n) is 19.5. The van der Waals surface area contributed by atoms with Gasteiger partial charge < -0.3 is 19.6 Å². The van der Waals surface area contributed by atoms with E-state index in [2.05, 4.69) is 15.5 Å². The van der Waals surface area contributed by atoms with Gasteiger partial charge in [0.25, 0.3) is 0 Å². The van der Waals surface area contributed by atoms with Crippen LogP contribution < -0.4 is 5.32 Å². The Bertz CT molecular complexity index is 1130. The van der Waals surface area contributed by atoms with Crippen LogP contribution in [0.25, 0.3) is 0 Å². The van der Waals surface area contributed by atoms with Gasteiger partial charge in [0, 0.05) is 5.38 Å². The Labute approximate surface area is 206 Å². The second-order valence-corrected chi connectivity index (χ2v) is 9.06. The Balaban J connectivity index is 1.88. The maximum atomic E-state index is 13.3. The van der Waals surface area contributed by atoms with Gasteiger partial charge in [0.15, 0.2) is 11.2 Å². The lowest BCUT2D eigenvalue weighted by atomic mass is 10.0. The molecule has 1 heterocycles. The van der Waals surface area contributed by atoms with Gasteiger partial charge in [-0.15, -0.1) is 11.3 Å². The predicted octanol–water partition coefficient (Wildman–Crippen LogP) is 4.11. The van der Waals surface area contributed by atoms with E-state index in [1.165, 1.54) is 5.38 Å². The molecule has 182 valence electrons. The summed E-state index contributed by atoms with van der Waals surface area (Å²) in [7, 11) is 0. The smallest absolute Gasteiger partial charge is 0.363 e. The SMILES string of the molecule is CC(C)(C)OC(=O)CON=C(C(=O)OC(c1ccccc1)c1ccccc1)c1csc(NC=O)n1. The molecule has 0 bridgehead atoms. The van der Waals surface area contributed by atoms with Crippen molar-refractivity contribution in [3.8, 4) is 0 Å². The summed E-state index contributed by atoms with van der Waals surface area (Å²) in [4.78, 5) is 45.4. The molecule has 0 atom stereocenters. The fourth-order valence-electron chi connectivity index (χ4n) is 2.96. The largest absolute Gasteiger partial charge is 0.457 e. The van der Waals surface area contributed by atoms with E-state index in [-0.39, 0.29) is 16.5 Å². The van der Waals surface area contributed by atoms with Crippen molar-refractivity contribution in [2.75, 3.05) is 11.9 Å². The number of amides is 1. The number of anilines is 1. The van der Waals surface area contributed by atoms with Crippen molar-refractivity contribution >= 4 is 40.5 Å². The summed E-state index contributed by atoms with van der Waals surface area (Å²) in [5.41, 5.74) is 0.661. The van der Waals surface area contributed by atoms with Crippen molar-refractivity contribution in [3.63, 3.8) is 0 Å². The molecule has 0 aliphatic rings. The number of carbonyl (C=O) groups is 3. The first-order valence-corrected chi connectivity index (χ1v) is 11.5. The van der Waals surface area contributed by atoms with Gasteiger partial charge in [-0.3, -0.25) is 4.79 Å². The monoisotopic (exact) mass is 495 g/mol. The number of nitrogens with one attached hydrogen (secondary N) is 1. The molecule has 0 saturated carbocycles. The van der Waals surface area contributed by atoms with Crippen LogP contribution in [0.15, 0.2) is 71.2 Å². The Hall–Kier alpha value is -4.05. The number of esters is 2. The molecule has 10 heteroatoms. The van der Waals surface area contributed by atoms with Crippen LogP contribution in [-0.4, -0.2) is 41.3 Å². The first kappa shape index (κ1) is 25.6. The summed E-state index contributed by atoms with van der Waals surface area (Å²) >= 11 is 1.09.